The molecule has 0 saturated carbocycles. The van der Waals surface area contributed by atoms with Crippen LogP contribution in [0.25, 0.3) is 5.52 Å². The Morgan fingerprint density at radius 1 is 1.50 bits per heavy atom. The fraction of sp³-hybridized carbons (Fsp3) is 0.429. The van der Waals surface area contributed by atoms with Crippen LogP contribution in [0.5, 0.6) is 0 Å². The van der Waals surface area contributed by atoms with E-state index in [9.17, 15) is 4.79 Å². The van der Waals surface area contributed by atoms with Crippen LogP contribution in [-0.4, -0.2) is 35.2 Å². The molecule has 0 bridgehead atoms. The van der Waals surface area contributed by atoms with E-state index in [0.29, 0.717) is 11.5 Å². The van der Waals surface area contributed by atoms with Crippen molar-refractivity contribution >= 4 is 23.8 Å². The number of halogens is 1. The Kier molecular flexibility index (Phi) is 4.98. The lowest BCUT2D eigenvalue weighted by atomic mass is 10.00. The zero-order chi connectivity index (χ0) is 13.1. The van der Waals surface area contributed by atoms with E-state index >= 15 is 0 Å². The summed E-state index contributed by atoms with van der Waals surface area (Å²) in [5, 5.41) is 10.5. The molecule has 20 heavy (non-hydrogen) atoms. The molecule has 1 aliphatic heterocycles. The van der Waals surface area contributed by atoms with Gasteiger partial charge < -0.3 is 10.6 Å². The quantitative estimate of drug-likeness (QED) is 0.902. The maximum Gasteiger partial charge on any atom is 0.255 e. The number of rotatable bonds is 3. The lowest BCUT2D eigenvalue weighted by molar-refractivity contribution is 0.0946. The Hall–Kier alpha value is -1.59. The maximum absolute atomic E-state index is 12.2. The van der Waals surface area contributed by atoms with E-state index in [2.05, 4.69) is 15.7 Å². The van der Waals surface area contributed by atoms with Gasteiger partial charge in [-0.25, -0.2) is 4.52 Å². The number of aromatic nitrogens is 2. The predicted octanol–water partition coefficient (Wildman–Crippen LogP) is 1.49. The van der Waals surface area contributed by atoms with Crippen LogP contribution in [0, 0.1) is 5.92 Å². The van der Waals surface area contributed by atoms with E-state index in [-0.39, 0.29) is 18.3 Å². The zero-order valence-electron chi connectivity index (χ0n) is 11.2. The monoisotopic (exact) mass is 294 g/mol. The first-order valence-electron chi connectivity index (χ1n) is 6.76. The largest absolute Gasteiger partial charge is 0.352 e. The molecule has 0 aromatic carbocycles. The highest BCUT2D eigenvalue weighted by Crippen LogP contribution is 2.11. The summed E-state index contributed by atoms with van der Waals surface area (Å²) in [7, 11) is 0. The third-order valence-corrected chi connectivity index (χ3v) is 3.62. The molecule has 2 aromatic rings. The highest BCUT2D eigenvalue weighted by molar-refractivity contribution is 6.00. The molecular weight excluding hydrogens is 276 g/mol. The summed E-state index contributed by atoms with van der Waals surface area (Å²) >= 11 is 0. The van der Waals surface area contributed by atoms with Gasteiger partial charge >= 0.3 is 0 Å². The van der Waals surface area contributed by atoms with Gasteiger partial charge in [-0.15, -0.1) is 12.4 Å². The average molecular weight is 295 g/mol. The lowest BCUT2D eigenvalue weighted by Gasteiger charge is -2.22. The van der Waals surface area contributed by atoms with E-state index in [1.807, 2.05) is 24.4 Å². The summed E-state index contributed by atoms with van der Waals surface area (Å²) in [5.74, 6) is 0.506. The van der Waals surface area contributed by atoms with Crippen molar-refractivity contribution in [3.63, 3.8) is 0 Å². The van der Waals surface area contributed by atoms with Crippen LogP contribution in [0.3, 0.4) is 0 Å². The van der Waals surface area contributed by atoms with Crippen molar-refractivity contribution in [2.45, 2.75) is 12.8 Å². The Bertz CT molecular complexity index is 577. The summed E-state index contributed by atoms with van der Waals surface area (Å²) in [6, 6.07) is 5.72. The van der Waals surface area contributed by atoms with Crippen molar-refractivity contribution < 1.29 is 4.79 Å². The SMILES string of the molecule is Cl.O=C(NCC1CCCNC1)c1cnn2ccccc12. The first-order valence-corrected chi connectivity index (χ1v) is 6.76. The van der Waals surface area contributed by atoms with Crippen LogP contribution in [0.1, 0.15) is 23.2 Å². The van der Waals surface area contributed by atoms with Crippen LogP contribution in [0.2, 0.25) is 0 Å². The molecule has 1 saturated heterocycles. The molecule has 1 aliphatic rings. The predicted molar refractivity (Wildman–Crippen MR) is 80.4 cm³/mol. The van der Waals surface area contributed by atoms with Gasteiger partial charge in [0.2, 0.25) is 0 Å². The van der Waals surface area contributed by atoms with E-state index in [1.165, 1.54) is 12.8 Å². The Balaban J connectivity index is 0.00000147. The Labute approximate surface area is 124 Å². The van der Waals surface area contributed by atoms with Crippen LogP contribution < -0.4 is 10.6 Å². The van der Waals surface area contributed by atoms with Gasteiger partial charge in [-0.1, -0.05) is 6.07 Å². The van der Waals surface area contributed by atoms with Gasteiger partial charge in [-0.05, 0) is 44.0 Å². The molecule has 1 unspecified atom stereocenters. The number of fused-ring (bicyclic) bond motifs is 1. The molecule has 6 heteroatoms. The van der Waals surface area contributed by atoms with Crippen molar-refractivity contribution in [2.24, 2.45) is 5.92 Å². The molecule has 2 N–H and O–H groups in total. The Morgan fingerprint density at radius 3 is 3.20 bits per heavy atom. The van der Waals surface area contributed by atoms with Gasteiger partial charge in [0.25, 0.3) is 5.91 Å². The second-order valence-electron chi connectivity index (χ2n) is 5.01. The molecule has 0 radical (unpaired) electrons. The molecule has 1 fully saturated rings. The molecule has 1 atom stereocenters. The maximum atomic E-state index is 12.2. The third kappa shape index (κ3) is 3.11. The van der Waals surface area contributed by atoms with Gasteiger partial charge in [0.05, 0.1) is 17.3 Å². The van der Waals surface area contributed by atoms with Crippen molar-refractivity contribution in [1.29, 1.82) is 0 Å². The van der Waals surface area contributed by atoms with Crippen LogP contribution in [0.15, 0.2) is 30.6 Å². The molecule has 5 nitrogen and oxygen atoms in total. The molecule has 0 spiro atoms. The number of nitrogens with zero attached hydrogens (tertiary/aromatic N) is 2. The Morgan fingerprint density at radius 2 is 2.40 bits per heavy atom. The highest BCUT2D eigenvalue weighted by Gasteiger charge is 2.16. The molecular formula is C14H19ClN4O. The van der Waals surface area contributed by atoms with Gasteiger partial charge in [-0.2, -0.15) is 5.10 Å². The number of pyridine rings is 1. The lowest BCUT2D eigenvalue weighted by Crippen LogP contribution is -2.38. The summed E-state index contributed by atoms with van der Waals surface area (Å²) < 4.78 is 1.72. The van der Waals surface area contributed by atoms with Crippen molar-refractivity contribution in [3.05, 3.63) is 36.2 Å². The minimum absolute atomic E-state index is 0. The first kappa shape index (κ1) is 14.8. The van der Waals surface area contributed by atoms with E-state index in [4.69, 9.17) is 0 Å². The average Bonchev–Trinajstić information content (AvgIpc) is 2.90. The normalized spacial score (nSPS) is 18.5. The fourth-order valence-electron chi connectivity index (χ4n) is 2.54. The zero-order valence-corrected chi connectivity index (χ0v) is 12.0. The summed E-state index contributed by atoms with van der Waals surface area (Å²) in [6.45, 7) is 2.82. The number of nitrogens with one attached hydrogen (secondary N) is 2. The highest BCUT2D eigenvalue weighted by atomic mass is 35.5. The molecule has 2 aromatic heterocycles. The number of hydrogen-bond acceptors (Lipinski definition) is 3. The summed E-state index contributed by atoms with van der Waals surface area (Å²) in [6.07, 6.45) is 5.85. The van der Waals surface area contributed by atoms with Crippen molar-refractivity contribution in [3.8, 4) is 0 Å². The van der Waals surface area contributed by atoms with E-state index < -0.39 is 0 Å². The van der Waals surface area contributed by atoms with E-state index in [1.54, 1.807) is 10.7 Å². The van der Waals surface area contributed by atoms with Gasteiger partial charge in [0.1, 0.15) is 0 Å². The summed E-state index contributed by atoms with van der Waals surface area (Å²) in [5.41, 5.74) is 1.49. The van der Waals surface area contributed by atoms with Crippen LogP contribution in [-0.2, 0) is 0 Å². The number of amides is 1. The number of piperidine rings is 1. The smallest absolute Gasteiger partial charge is 0.255 e. The minimum Gasteiger partial charge on any atom is -0.352 e. The number of carbonyl (C=O) groups excluding carboxylic acids is 1. The number of carbonyl (C=O) groups is 1. The first-order chi connectivity index (χ1) is 9.34. The molecule has 108 valence electrons. The van der Waals surface area contributed by atoms with Crippen molar-refractivity contribution in [1.82, 2.24) is 20.2 Å². The topological polar surface area (TPSA) is 58.4 Å². The molecule has 3 heterocycles. The fourth-order valence-corrected chi connectivity index (χ4v) is 2.54. The second kappa shape index (κ2) is 6.72. The summed E-state index contributed by atoms with van der Waals surface area (Å²) in [4.78, 5) is 12.2. The molecule has 0 aliphatic carbocycles. The number of hydrogen-bond donors (Lipinski definition) is 2. The van der Waals surface area contributed by atoms with Crippen molar-refractivity contribution in [2.75, 3.05) is 19.6 Å². The molecule has 1 amide bonds. The minimum atomic E-state index is -0.0354. The van der Waals surface area contributed by atoms with Gasteiger partial charge in [-0.3, -0.25) is 4.79 Å². The standard InChI is InChI=1S/C14H18N4O.ClH/c19-14(16-9-11-4-3-6-15-8-11)12-10-17-18-7-2-1-5-13(12)18;/h1-2,5,7,10-11,15H,3-4,6,8-9H2,(H,16,19);1H. The van der Waals surface area contributed by atoms with Gasteiger partial charge in [0, 0.05) is 12.7 Å². The second-order valence-corrected chi connectivity index (χ2v) is 5.01. The molecule has 3 rings (SSSR count). The van der Waals surface area contributed by atoms with Crippen LogP contribution in [0.4, 0.5) is 0 Å². The third-order valence-electron chi connectivity index (χ3n) is 3.62. The van der Waals surface area contributed by atoms with Crippen LogP contribution >= 0.6 is 12.4 Å². The van der Waals surface area contributed by atoms with Gasteiger partial charge in [0.15, 0.2) is 0 Å². The van der Waals surface area contributed by atoms with E-state index in [0.717, 1.165) is 25.2 Å².